The number of nitrogens with zero attached hydrogens (tertiary/aromatic N) is 2. The van der Waals surface area contributed by atoms with Crippen LogP contribution in [0.25, 0.3) is 0 Å². The van der Waals surface area contributed by atoms with E-state index in [-0.39, 0.29) is 36.0 Å². The largest absolute Gasteiger partial charge is 0.340 e. The van der Waals surface area contributed by atoms with Gasteiger partial charge in [0.15, 0.2) is 0 Å². The van der Waals surface area contributed by atoms with E-state index >= 15 is 0 Å². The van der Waals surface area contributed by atoms with E-state index in [0.717, 1.165) is 24.8 Å². The number of nitrogens with two attached hydrogens (primary N) is 1. The summed E-state index contributed by atoms with van der Waals surface area (Å²) in [5.74, 6) is 0.411. The molecule has 1 saturated heterocycles. The van der Waals surface area contributed by atoms with Gasteiger partial charge in [-0.25, -0.2) is 8.42 Å². The predicted molar refractivity (Wildman–Crippen MR) is 104 cm³/mol. The summed E-state index contributed by atoms with van der Waals surface area (Å²) >= 11 is 0. The fraction of sp³-hybridized carbons (Fsp3) is 0.611. The van der Waals surface area contributed by atoms with Crippen LogP contribution in [0.1, 0.15) is 31.2 Å². The highest BCUT2D eigenvalue weighted by Gasteiger charge is 2.32. The molecule has 1 amide bonds. The standard InChI is InChI=1S/C18H27N3O3S.ClH/c19-17-8-4-7-16(17)13-18(22)20-9-11-21(12-10-20)25(23,24)14-15-5-2-1-3-6-15;/h1-3,5-6,16-17H,4,7-14,19H2;1H/t16-,17+;/m0./s1. The van der Waals surface area contributed by atoms with E-state index in [0.29, 0.717) is 32.6 Å². The van der Waals surface area contributed by atoms with Crippen molar-refractivity contribution >= 4 is 28.3 Å². The van der Waals surface area contributed by atoms with Crippen molar-refractivity contribution < 1.29 is 13.2 Å². The van der Waals surface area contributed by atoms with Gasteiger partial charge in [-0.05, 0) is 24.3 Å². The average Bonchev–Trinajstić information content (AvgIpc) is 3.00. The van der Waals surface area contributed by atoms with Gasteiger partial charge in [-0.15, -0.1) is 12.4 Å². The second kappa shape index (κ2) is 9.17. The van der Waals surface area contributed by atoms with E-state index in [1.807, 2.05) is 30.3 Å². The minimum absolute atomic E-state index is 0. The van der Waals surface area contributed by atoms with Crippen molar-refractivity contribution in [1.82, 2.24) is 9.21 Å². The first-order valence-corrected chi connectivity index (χ1v) is 10.6. The van der Waals surface area contributed by atoms with Gasteiger partial charge in [0, 0.05) is 38.6 Å². The summed E-state index contributed by atoms with van der Waals surface area (Å²) < 4.78 is 26.6. The molecule has 1 saturated carbocycles. The second-order valence-electron chi connectivity index (χ2n) is 7.08. The molecule has 26 heavy (non-hydrogen) atoms. The summed E-state index contributed by atoms with van der Waals surface area (Å²) in [6.45, 7) is 1.68. The zero-order valence-electron chi connectivity index (χ0n) is 14.9. The zero-order chi connectivity index (χ0) is 17.9. The molecule has 0 spiro atoms. The molecule has 0 aromatic heterocycles. The highest BCUT2D eigenvalue weighted by atomic mass is 35.5. The maximum Gasteiger partial charge on any atom is 0.222 e. The molecule has 1 aliphatic heterocycles. The molecule has 3 rings (SSSR count). The number of halogens is 1. The quantitative estimate of drug-likeness (QED) is 0.812. The summed E-state index contributed by atoms with van der Waals surface area (Å²) in [5.41, 5.74) is 6.84. The number of hydrogen-bond acceptors (Lipinski definition) is 4. The maximum atomic E-state index is 12.6. The van der Waals surface area contributed by atoms with Crippen molar-refractivity contribution in [2.45, 2.75) is 37.5 Å². The average molecular weight is 402 g/mol. The van der Waals surface area contributed by atoms with E-state index in [9.17, 15) is 13.2 Å². The van der Waals surface area contributed by atoms with Gasteiger partial charge in [0.2, 0.25) is 15.9 Å². The minimum atomic E-state index is -3.34. The Bertz CT molecular complexity index is 691. The monoisotopic (exact) mass is 401 g/mol. The lowest BCUT2D eigenvalue weighted by molar-refractivity contribution is -0.133. The lowest BCUT2D eigenvalue weighted by atomic mass is 9.99. The van der Waals surface area contributed by atoms with Crippen LogP contribution in [0.2, 0.25) is 0 Å². The number of benzene rings is 1. The highest BCUT2D eigenvalue weighted by molar-refractivity contribution is 7.88. The van der Waals surface area contributed by atoms with Gasteiger partial charge in [-0.1, -0.05) is 36.8 Å². The second-order valence-corrected chi connectivity index (χ2v) is 9.05. The molecule has 8 heteroatoms. The van der Waals surface area contributed by atoms with Crippen LogP contribution in [0.5, 0.6) is 0 Å². The third-order valence-corrected chi connectivity index (χ3v) is 7.18. The summed E-state index contributed by atoms with van der Waals surface area (Å²) in [7, 11) is -3.34. The Kier molecular flexibility index (Phi) is 7.46. The molecule has 0 unspecified atom stereocenters. The molecular formula is C18H28ClN3O3S. The molecule has 1 heterocycles. The van der Waals surface area contributed by atoms with Gasteiger partial charge in [-0.3, -0.25) is 4.79 Å². The molecule has 2 aliphatic rings. The number of carbonyl (C=O) groups excluding carboxylic acids is 1. The summed E-state index contributed by atoms with van der Waals surface area (Å²) in [6, 6.07) is 9.34. The third kappa shape index (κ3) is 5.19. The van der Waals surface area contributed by atoms with Crippen LogP contribution in [0.4, 0.5) is 0 Å². The Morgan fingerprint density at radius 3 is 2.31 bits per heavy atom. The molecule has 146 valence electrons. The van der Waals surface area contributed by atoms with Crippen molar-refractivity contribution in [2.24, 2.45) is 11.7 Å². The fourth-order valence-corrected chi connectivity index (χ4v) is 5.28. The van der Waals surface area contributed by atoms with Gasteiger partial charge in [0.1, 0.15) is 0 Å². The number of amides is 1. The van der Waals surface area contributed by atoms with Crippen LogP contribution in [-0.2, 0) is 20.6 Å². The predicted octanol–water partition coefficient (Wildman–Crippen LogP) is 1.60. The van der Waals surface area contributed by atoms with Crippen molar-refractivity contribution in [3.8, 4) is 0 Å². The Hall–Kier alpha value is -1.15. The molecule has 2 fully saturated rings. The number of piperazine rings is 1. The Morgan fingerprint density at radius 1 is 1.08 bits per heavy atom. The number of sulfonamides is 1. The van der Waals surface area contributed by atoms with Gasteiger partial charge in [0.25, 0.3) is 0 Å². The maximum absolute atomic E-state index is 12.6. The molecule has 2 atom stereocenters. The molecule has 1 aliphatic carbocycles. The smallest absolute Gasteiger partial charge is 0.222 e. The van der Waals surface area contributed by atoms with E-state index < -0.39 is 10.0 Å². The van der Waals surface area contributed by atoms with Crippen molar-refractivity contribution in [1.29, 1.82) is 0 Å². The molecule has 2 N–H and O–H groups in total. The van der Waals surface area contributed by atoms with Crippen molar-refractivity contribution in [3.63, 3.8) is 0 Å². The highest BCUT2D eigenvalue weighted by Crippen LogP contribution is 2.27. The van der Waals surface area contributed by atoms with Crippen LogP contribution in [0.15, 0.2) is 30.3 Å². The molecular weight excluding hydrogens is 374 g/mol. The van der Waals surface area contributed by atoms with E-state index in [2.05, 4.69) is 0 Å². The number of rotatable bonds is 5. The van der Waals surface area contributed by atoms with Crippen LogP contribution < -0.4 is 5.73 Å². The Balaban J connectivity index is 0.00000243. The van der Waals surface area contributed by atoms with Crippen molar-refractivity contribution in [3.05, 3.63) is 35.9 Å². The van der Waals surface area contributed by atoms with E-state index in [1.54, 1.807) is 4.90 Å². The third-order valence-electron chi connectivity index (χ3n) is 5.33. The lowest BCUT2D eigenvalue weighted by Gasteiger charge is -2.34. The lowest BCUT2D eigenvalue weighted by Crippen LogP contribution is -2.51. The SMILES string of the molecule is Cl.N[C@@H]1CCC[C@H]1CC(=O)N1CCN(S(=O)(=O)Cc2ccccc2)CC1. The Morgan fingerprint density at radius 2 is 1.73 bits per heavy atom. The van der Waals surface area contributed by atoms with Crippen LogP contribution in [0, 0.1) is 5.92 Å². The number of hydrogen-bond donors (Lipinski definition) is 1. The first-order chi connectivity index (χ1) is 12.0. The van der Waals surface area contributed by atoms with Gasteiger partial charge < -0.3 is 10.6 Å². The van der Waals surface area contributed by atoms with Crippen molar-refractivity contribution in [2.75, 3.05) is 26.2 Å². The van der Waals surface area contributed by atoms with Gasteiger partial charge in [0.05, 0.1) is 5.75 Å². The molecule has 6 nitrogen and oxygen atoms in total. The molecule has 1 aromatic rings. The summed E-state index contributed by atoms with van der Waals surface area (Å²) in [4.78, 5) is 14.2. The van der Waals surface area contributed by atoms with E-state index in [1.165, 1.54) is 4.31 Å². The topological polar surface area (TPSA) is 83.7 Å². The van der Waals surface area contributed by atoms with Gasteiger partial charge in [-0.2, -0.15) is 4.31 Å². The first-order valence-electron chi connectivity index (χ1n) is 9.01. The normalized spacial score (nSPS) is 24.3. The van der Waals surface area contributed by atoms with E-state index in [4.69, 9.17) is 5.73 Å². The molecule has 1 aromatic carbocycles. The van der Waals surface area contributed by atoms with Crippen LogP contribution in [-0.4, -0.2) is 55.8 Å². The Labute approximate surface area is 162 Å². The zero-order valence-corrected chi connectivity index (χ0v) is 16.6. The molecule has 0 radical (unpaired) electrons. The number of carbonyl (C=O) groups is 1. The first kappa shape index (κ1) is 21.2. The van der Waals surface area contributed by atoms with Gasteiger partial charge >= 0.3 is 0 Å². The summed E-state index contributed by atoms with van der Waals surface area (Å²) in [5, 5.41) is 0. The molecule has 0 bridgehead atoms. The van der Waals surface area contributed by atoms with Crippen LogP contribution >= 0.6 is 12.4 Å². The summed E-state index contributed by atoms with van der Waals surface area (Å²) in [6.07, 6.45) is 3.63. The minimum Gasteiger partial charge on any atom is -0.340 e. The van der Waals surface area contributed by atoms with Crippen LogP contribution in [0.3, 0.4) is 0 Å². The fourth-order valence-electron chi connectivity index (χ4n) is 3.76.